The summed E-state index contributed by atoms with van der Waals surface area (Å²) in [6.07, 6.45) is 0. The van der Waals surface area contributed by atoms with E-state index >= 15 is 0 Å². The Balaban J connectivity index is 2.56. The van der Waals surface area contributed by atoms with Gasteiger partial charge in [-0.05, 0) is 16.8 Å². The van der Waals surface area contributed by atoms with Crippen LogP contribution in [0.4, 0.5) is 0 Å². The van der Waals surface area contributed by atoms with Gasteiger partial charge in [0.25, 0.3) is 0 Å². The lowest BCUT2D eigenvalue weighted by Gasteiger charge is -2.00. The first-order valence-corrected chi connectivity index (χ1v) is 4.99. The fourth-order valence-electron chi connectivity index (χ4n) is 1.45. The molecule has 0 unspecified atom stereocenters. The maximum atomic E-state index is 11.4. The zero-order valence-electron chi connectivity index (χ0n) is 7.57. The van der Waals surface area contributed by atoms with Crippen molar-refractivity contribution in [2.45, 2.75) is 0 Å². The van der Waals surface area contributed by atoms with Crippen LogP contribution in [0.3, 0.4) is 0 Å². The topological polar surface area (TPSA) is 17.1 Å². The summed E-state index contributed by atoms with van der Waals surface area (Å²) in [7, 11) is 0. The Morgan fingerprint density at radius 1 is 1.07 bits per heavy atom. The summed E-state index contributed by atoms with van der Waals surface area (Å²) in [5.74, 6) is 0.170. The smallest absolute Gasteiger partial charge is 0.173 e. The first kappa shape index (κ1) is 9.28. The monoisotopic (exact) mass is 201 g/mol. The van der Waals surface area contributed by atoms with E-state index in [1.165, 1.54) is 0 Å². The summed E-state index contributed by atoms with van der Waals surface area (Å²) in [5.41, 5.74) is 0.707. The lowest BCUT2D eigenvalue weighted by atomic mass is 10.1. The van der Waals surface area contributed by atoms with Crippen LogP contribution in [0.2, 0.25) is 0 Å². The predicted molar refractivity (Wildman–Crippen MR) is 60.7 cm³/mol. The molecule has 0 saturated carbocycles. The number of Topliss-reactive ketones (excluding diaryl/α,β-unsaturated/α-hetero) is 1. The van der Waals surface area contributed by atoms with Crippen molar-refractivity contribution in [3.63, 3.8) is 0 Å². The van der Waals surface area contributed by atoms with Crippen molar-refractivity contribution in [3.8, 4) is 0 Å². The van der Waals surface area contributed by atoms with Gasteiger partial charge in [-0.25, -0.2) is 0 Å². The molecule has 0 saturated heterocycles. The third-order valence-electron chi connectivity index (χ3n) is 2.20. The van der Waals surface area contributed by atoms with Crippen molar-refractivity contribution in [2.24, 2.45) is 0 Å². The van der Waals surface area contributed by atoms with Gasteiger partial charge >= 0.3 is 0 Å². The fraction of sp³-hybridized carbons (Fsp3) is 0.0833. The van der Waals surface area contributed by atoms with E-state index in [1.807, 2.05) is 42.5 Å². The van der Waals surface area contributed by atoms with Gasteiger partial charge in [0.15, 0.2) is 5.78 Å². The van der Waals surface area contributed by atoms with Crippen molar-refractivity contribution in [1.82, 2.24) is 0 Å². The normalized spacial score (nSPS) is 10.4. The Bertz CT molecular complexity index is 476. The summed E-state index contributed by atoms with van der Waals surface area (Å²) in [6.45, 7) is 0. The minimum atomic E-state index is 0.0192. The van der Waals surface area contributed by atoms with Gasteiger partial charge in [-0.1, -0.05) is 49.0 Å². The summed E-state index contributed by atoms with van der Waals surface area (Å²) in [6, 6.07) is 13.6. The highest BCUT2D eigenvalue weighted by atomic mass is 32.1. The molecule has 2 heteroatoms. The number of carbonyl (C=O) groups excluding carboxylic acids is 1. The Morgan fingerprint density at radius 2 is 1.79 bits per heavy atom. The van der Waals surface area contributed by atoms with E-state index in [9.17, 15) is 4.79 Å². The molecule has 2 aromatic carbocycles. The molecule has 1 nitrogen and oxygen atoms in total. The average Bonchev–Trinajstić information content (AvgIpc) is 2.27. The van der Waals surface area contributed by atoms with E-state index < -0.39 is 0 Å². The molecule has 0 atom stereocenters. The molecular formula is C12H9OS. The van der Waals surface area contributed by atoms with Crippen LogP contribution in [0.25, 0.3) is 10.8 Å². The van der Waals surface area contributed by atoms with E-state index in [4.69, 9.17) is 12.6 Å². The summed E-state index contributed by atoms with van der Waals surface area (Å²) in [4.78, 5) is 11.4. The number of hydrogen-bond donors (Lipinski definition) is 0. The van der Waals surface area contributed by atoms with Crippen molar-refractivity contribution in [3.05, 3.63) is 48.0 Å². The van der Waals surface area contributed by atoms with Crippen LogP contribution in [0.15, 0.2) is 42.5 Å². The lowest BCUT2D eigenvalue weighted by Crippen LogP contribution is -1.99. The van der Waals surface area contributed by atoms with Gasteiger partial charge in [0.2, 0.25) is 0 Å². The number of carbonyl (C=O) groups is 1. The highest BCUT2D eigenvalue weighted by Crippen LogP contribution is 2.16. The van der Waals surface area contributed by atoms with Gasteiger partial charge in [-0.3, -0.25) is 4.79 Å². The molecule has 0 aromatic heterocycles. The molecule has 0 spiro atoms. The fourth-order valence-corrected chi connectivity index (χ4v) is 1.61. The molecule has 2 rings (SSSR count). The zero-order chi connectivity index (χ0) is 9.97. The molecule has 0 heterocycles. The lowest BCUT2D eigenvalue weighted by molar-refractivity contribution is 0.102. The summed E-state index contributed by atoms with van der Waals surface area (Å²) >= 11 is 4.73. The Labute approximate surface area is 88.2 Å². The van der Waals surface area contributed by atoms with Crippen molar-refractivity contribution in [2.75, 3.05) is 5.75 Å². The van der Waals surface area contributed by atoms with Crippen LogP contribution in [0.1, 0.15) is 10.4 Å². The number of benzene rings is 2. The Morgan fingerprint density at radius 3 is 2.50 bits per heavy atom. The third kappa shape index (κ3) is 1.66. The first-order chi connectivity index (χ1) is 6.81. The zero-order valence-corrected chi connectivity index (χ0v) is 8.38. The number of ketones is 1. The van der Waals surface area contributed by atoms with Crippen molar-refractivity contribution >= 4 is 29.2 Å². The standard InChI is InChI=1S/C12H9OS/c13-12(8-14)11-6-5-9-3-1-2-4-10(9)7-11/h1-7H,8H2. The first-order valence-electron chi connectivity index (χ1n) is 4.41. The highest BCUT2D eigenvalue weighted by Gasteiger charge is 2.03. The maximum absolute atomic E-state index is 11.4. The van der Waals surface area contributed by atoms with Crippen molar-refractivity contribution < 1.29 is 4.79 Å². The molecule has 0 aliphatic carbocycles. The Hall–Kier alpha value is -1.28. The molecule has 1 radical (unpaired) electrons. The summed E-state index contributed by atoms with van der Waals surface area (Å²) < 4.78 is 0. The third-order valence-corrected chi connectivity index (χ3v) is 2.46. The van der Waals surface area contributed by atoms with Gasteiger partial charge in [0.1, 0.15) is 0 Å². The number of rotatable bonds is 2. The minimum absolute atomic E-state index is 0.0192. The predicted octanol–water partition coefficient (Wildman–Crippen LogP) is 3.22. The largest absolute Gasteiger partial charge is 0.293 e. The molecule has 0 bridgehead atoms. The molecule has 69 valence electrons. The van der Waals surface area contributed by atoms with Gasteiger partial charge < -0.3 is 0 Å². The van der Waals surface area contributed by atoms with Crippen LogP contribution in [-0.2, 0) is 0 Å². The molecular weight excluding hydrogens is 192 g/mol. The van der Waals surface area contributed by atoms with Gasteiger partial charge in [0, 0.05) is 5.56 Å². The second kappa shape index (κ2) is 3.84. The molecule has 0 aliphatic heterocycles. The van der Waals surface area contributed by atoms with Crippen molar-refractivity contribution in [1.29, 1.82) is 0 Å². The molecule has 2 aromatic rings. The van der Waals surface area contributed by atoms with E-state index in [1.54, 1.807) is 0 Å². The van der Waals surface area contributed by atoms with E-state index in [0.29, 0.717) is 5.56 Å². The average molecular weight is 201 g/mol. The molecule has 14 heavy (non-hydrogen) atoms. The quantitative estimate of drug-likeness (QED) is 0.682. The maximum Gasteiger partial charge on any atom is 0.173 e. The van der Waals surface area contributed by atoms with Crippen LogP contribution in [0, 0.1) is 0 Å². The molecule has 0 amide bonds. The van der Waals surface area contributed by atoms with Gasteiger partial charge in [-0.15, -0.1) is 0 Å². The van der Waals surface area contributed by atoms with Crippen LogP contribution < -0.4 is 0 Å². The van der Waals surface area contributed by atoms with E-state index in [0.717, 1.165) is 10.8 Å². The van der Waals surface area contributed by atoms with Gasteiger partial charge in [0.05, 0.1) is 5.75 Å². The second-order valence-electron chi connectivity index (χ2n) is 3.13. The number of fused-ring (bicyclic) bond motifs is 1. The SMILES string of the molecule is O=C(C[S])c1ccc2ccccc2c1. The molecule has 0 aliphatic rings. The second-order valence-corrected chi connectivity index (χ2v) is 3.42. The number of hydrogen-bond acceptors (Lipinski definition) is 1. The summed E-state index contributed by atoms with van der Waals surface area (Å²) in [5, 5.41) is 2.23. The van der Waals surface area contributed by atoms with Crippen LogP contribution >= 0.6 is 12.6 Å². The Kier molecular flexibility index (Phi) is 2.55. The van der Waals surface area contributed by atoms with Crippen LogP contribution in [0.5, 0.6) is 0 Å². The van der Waals surface area contributed by atoms with E-state index in [2.05, 4.69) is 0 Å². The highest BCUT2D eigenvalue weighted by molar-refractivity contribution is 7.81. The van der Waals surface area contributed by atoms with Gasteiger partial charge in [-0.2, -0.15) is 0 Å². The van der Waals surface area contributed by atoms with Crippen LogP contribution in [-0.4, -0.2) is 11.5 Å². The molecule has 0 fully saturated rings. The van der Waals surface area contributed by atoms with E-state index in [-0.39, 0.29) is 11.5 Å². The molecule has 0 N–H and O–H groups in total. The minimum Gasteiger partial charge on any atom is -0.293 e.